The minimum Gasteiger partial charge on any atom is -0.464 e. The second kappa shape index (κ2) is 13.1. The summed E-state index contributed by atoms with van der Waals surface area (Å²) in [6.07, 6.45) is 0. The number of hydrogen-bond donors (Lipinski definition) is 1. The van der Waals surface area contributed by atoms with Gasteiger partial charge in [0.15, 0.2) is 0 Å². The van der Waals surface area contributed by atoms with Gasteiger partial charge in [0.1, 0.15) is 18.1 Å². The standard InChI is InChI=1S/C29H36N4O4/c1-23-7-6-10-26(19-23)30-29(35)32(14-13-31-15-17-36-18-16-31)22-28(34)33(20-25-8-4-3-5-9-25)21-27-12-11-24(2)37-27/h3-12,19H,13-18,20-22H2,1-2H3,(H,30,35). The molecule has 1 aliphatic heterocycles. The highest BCUT2D eigenvalue weighted by molar-refractivity contribution is 5.92. The van der Waals surface area contributed by atoms with Crippen molar-refractivity contribution in [2.75, 3.05) is 51.3 Å². The van der Waals surface area contributed by atoms with E-state index in [4.69, 9.17) is 9.15 Å². The molecule has 37 heavy (non-hydrogen) atoms. The first-order valence-electron chi connectivity index (χ1n) is 12.8. The number of benzene rings is 2. The van der Waals surface area contributed by atoms with Gasteiger partial charge in [-0.2, -0.15) is 0 Å². The van der Waals surface area contributed by atoms with Crippen molar-refractivity contribution in [3.8, 4) is 0 Å². The molecule has 8 nitrogen and oxygen atoms in total. The number of rotatable bonds is 10. The summed E-state index contributed by atoms with van der Waals surface area (Å²) in [5, 5.41) is 2.97. The van der Waals surface area contributed by atoms with Crippen LogP contribution in [-0.2, 0) is 22.6 Å². The molecule has 1 aliphatic rings. The molecule has 1 saturated heterocycles. The second-order valence-electron chi connectivity index (χ2n) is 9.42. The summed E-state index contributed by atoms with van der Waals surface area (Å²) in [7, 11) is 0. The molecule has 0 bridgehead atoms. The fraction of sp³-hybridized carbons (Fsp3) is 0.379. The lowest BCUT2D eigenvalue weighted by molar-refractivity contribution is -0.133. The molecule has 8 heteroatoms. The molecule has 0 saturated carbocycles. The molecule has 0 unspecified atom stereocenters. The largest absolute Gasteiger partial charge is 0.464 e. The number of morpholine rings is 1. The van der Waals surface area contributed by atoms with E-state index in [0.717, 1.165) is 30.0 Å². The zero-order valence-electron chi connectivity index (χ0n) is 21.7. The minimum atomic E-state index is -0.291. The van der Waals surface area contributed by atoms with Gasteiger partial charge in [-0.15, -0.1) is 0 Å². The Hall–Kier alpha value is -3.62. The SMILES string of the molecule is Cc1cccc(NC(=O)N(CCN2CCOCC2)CC(=O)N(Cc2ccccc2)Cc2ccc(C)o2)c1. The van der Waals surface area contributed by atoms with E-state index in [2.05, 4.69) is 10.2 Å². The predicted octanol–water partition coefficient (Wildman–Crippen LogP) is 4.29. The molecule has 2 heterocycles. The molecule has 196 valence electrons. The van der Waals surface area contributed by atoms with E-state index in [0.29, 0.717) is 50.8 Å². The number of carbonyl (C=O) groups is 2. The molecule has 0 radical (unpaired) electrons. The lowest BCUT2D eigenvalue weighted by atomic mass is 10.2. The van der Waals surface area contributed by atoms with Gasteiger partial charge in [-0.3, -0.25) is 9.69 Å². The van der Waals surface area contributed by atoms with E-state index < -0.39 is 0 Å². The summed E-state index contributed by atoms with van der Waals surface area (Å²) in [6, 6.07) is 21.0. The Morgan fingerprint density at radius 2 is 1.70 bits per heavy atom. The topological polar surface area (TPSA) is 78.3 Å². The predicted molar refractivity (Wildman–Crippen MR) is 143 cm³/mol. The normalized spacial score (nSPS) is 13.8. The zero-order valence-corrected chi connectivity index (χ0v) is 21.7. The smallest absolute Gasteiger partial charge is 0.322 e. The van der Waals surface area contributed by atoms with Crippen LogP contribution in [0.2, 0.25) is 0 Å². The number of urea groups is 1. The Morgan fingerprint density at radius 3 is 2.41 bits per heavy atom. The van der Waals surface area contributed by atoms with Crippen molar-refractivity contribution >= 4 is 17.6 Å². The van der Waals surface area contributed by atoms with Crippen molar-refractivity contribution in [1.82, 2.24) is 14.7 Å². The first-order valence-corrected chi connectivity index (χ1v) is 12.8. The van der Waals surface area contributed by atoms with E-state index in [1.807, 2.05) is 80.6 Å². The van der Waals surface area contributed by atoms with Crippen LogP contribution in [0, 0.1) is 13.8 Å². The van der Waals surface area contributed by atoms with Gasteiger partial charge < -0.3 is 24.3 Å². The Morgan fingerprint density at radius 1 is 0.919 bits per heavy atom. The molecule has 3 aromatic rings. The van der Waals surface area contributed by atoms with E-state index in [1.54, 1.807) is 9.80 Å². The van der Waals surface area contributed by atoms with E-state index >= 15 is 0 Å². The molecule has 1 N–H and O–H groups in total. The monoisotopic (exact) mass is 504 g/mol. The molecule has 3 amide bonds. The molecule has 4 rings (SSSR count). The quantitative estimate of drug-likeness (QED) is 0.446. The van der Waals surface area contributed by atoms with Gasteiger partial charge in [0, 0.05) is 38.4 Å². The molecule has 0 spiro atoms. The summed E-state index contributed by atoms with van der Waals surface area (Å²) in [4.78, 5) is 32.6. The first-order chi connectivity index (χ1) is 18.0. The average Bonchev–Trinajstić information content (AvgIpc) is 3.31. The number of aryl methyl sites for hydroxylation is 2. The third kappa shape index (κ3) is 8.20. The molecule has 0 atom stereocenters. The van der Waals surface area contributed by atoms with Gasteiger partial charge in [0.05, 0.1) is 19.8 Å². The number of hydrogen-bond acceptors (Lipinski definition) is 5. The maximum Gasteiger partial charge on any atom is 0.322 e. The highest BCUT2D eigenvalue weighted by Crippen LogP contribution is 2.15. The summed E-state index contributed by atoms with van der Waals surface area (Å²) >= 11 is 0. The maximum absolute atomic E-state index is 13.7. The Kier molecular flexibility index (Phi) is 9.35. The van der Waals surface area contributed by atoms with Crippen molar-refractivity contribution < 1.29 is 18.7 Å². The van der Waals surface area contributed by atoms with Crippen LogP contribution < -0.4 is 5.32 Å². The van der Waals surface area contributed by atoms with Gasteiger partial charge in [-0.25, -0.2) is 4.79 Å². The number of furan rings is 1. The Balaban J connectivity index is 1.49. The van der Waals surface area contributed by atoms with Crippen LogP contribution in [-0.4, -0.2) is 72.6 Å². The van der Waals surface area contributed by atoms with E-state index in [-0.39, 0.29) is 18.5 Å². The van der Waals surface area contributed by atoms with Gasteiger partial charge in [0.2, 0.25) is 5.91 Å². The van der Waals surface area contributed by atoms with Crippen LogP contribution in [0.15, 0.2) is 71.1 Å². The van der Waals surface area contributed by atoms with Crippen molar-refractivity contribution in [3.05, 3.63) is 89.4 Å². The van der Waals surface area contributed by atoms with Crippen LogP contribution in [0.3, 0.4) is 0 Å². The fourth-order valence-electron chi connectivity index (χ4n) is 4.32. The van der Waals surface area contributed by atoms with Crippen LogP contribution in [0.5, 0.6) is 0 Å². The maximum atomic E-state index is 13.7. The van der Waals surface area contributed by atoms with Crippen LogP contribution in [0.25, 0.3) is 0 Å². The van der Waals surface area contributed by atoms with Crippen LogP contribution in [0.1, 0.15) is 22.6 Å². The van der Waals surface area contributed by atoms with Crippen LogP contribution >= 0.6 is 0 Å². The van der Waals surface area contributed by atoms with Gasteiger partial charge in [-0.05, 0) is 49.2 Å². The lowest BCUT2D eigenvalue weighted by Gasteiger charge is -2.31. The zero-order chi connectivity index (χ0) is 26.0. The van der Waals surface area contributed by atoms with Crippen molar-refractivity contribution in [2.24, 2.45) is 0 Å². The van der Waals surface area contributed by atoms with Crippen molar-refractivity contribution in [2.45, 2.75) is 26.9 Å². The number of ether oxygens (including phenoxy) is 1. The summed E-state index contributed by atoms with van der Waals surface area (Å²) in [5.74, 6) is 1.37. The fourth-order valence-corrected chi connectivity index (χ4v) is 4.32. The number of amides is 3. The molecular weight excluding hydrogens is 468 g/mol. The first kappa shape index (κ1) is 26.4. The number of nitrogens with zero attached hydrogens (tertiary/aromatic N) is 3. The summed E-state index contributed by atoms with van der Waals surface area (Å²) < 4.78 is 11.2. The molecule has 0 aliphatic carbocycles. The van der Waals surface area contributed by atoms with E-state index in [1.165, 1.54) is 0 Å². The number of nitrogens with one attached hydrogen (secondary N) is 1. The average molecular weight is 505 g/mol. The Bertz CT molecular complexity index is 1160. The summed E-state index contributed by atoms with van der Waals surface area (Å²) in [5.41, 5.74) is 2.78. The number of anilines is 1. The van der Waals surface area contributed by atoms with Gasteiger partial charge in [0.25, 0.3) is 0 Å². The molecular formula is C29H36N4O4. The van der Waals surface area contributed by atoms with E-state index in [9.17, 15) is 9.59 Å². The highest BCUT2D eigenvalue weighted by Gasteiger charge is 2.24. The molecule has 1 aromatic heterocycles. The molecule has 2 aromatic carbocycles. The lowest BCUT2D eigenvalue weighted by Crippen LogP contribution is -2.48. The highest BCUT2D eigenvalue weighted by atomic mass is 16.5. The van der Waals surface area contributed by atoms with Crippen molar-refractivity contribution in [3.63, 3.8) is 0 Å². The van der Waals surface area contributed by atoms with Crippen molar-refractivity contribution in [1.29, 1.82) is 0 Å². The number of carbonyl (C=O) groups excluding carboxylic acids is 2. The van der Waals surface area contributed by atoms with Gasteiger partial charge in [-0.1, -0.05) is 42.5 Å². The second-order valence-corrected chi connectivity index (χ2v) is 9.42. The minimum absolute atomic E-state index is 0.0332. The van der Waals surface area contributed by atoms with Crippen LogP contribution in [0.4, 0.5) is 10.5 Å². The summed E-state index contributed by atoms with van der Waals surface area (Å²) in [6.45, 7) is 8.70. The third-order valence-corrected chi connectivity index (χ3v) is 6.38. The van der Waals surface area contributed by atoms with Gasteiger partial charge >= 0.3 is 6.03 Å². The third-order valence-electron chi connectivity index (χ3n) is 6.38. The molecule has 1 fully saturated rings. The Labute approximate surface area is 218 Å².